The lowest BCUT2D eigenvalue weighted by Gasteiger charge is -2.35. The highest BCUT2D eigenvalue weighted by Crippen LogP contribution is 2.30. The van der Waals surface area contributed by atoms with Crippen LogP contribution >= 0.6 is 0 Å². The first-order valence-corrected chi connectivity index (χ1v) is 8.27. The van der Waals surface area contributed by atoms with Gasteiger partial charge in [-0.2, -0.15) is 0 Å². The van der Waals surface area contributed by atoms with Crippen LogP contribution in [0.2, 0.25) is 0 Å². The molecule has 4 nitrogen and oxygen atoms in total. The minimum atomic E-state index is -0.471. The van der Waals surface area contributed by atoms with Crippen LogP contribution in [-0.2, 0) is 17.6 Å². The number of carbonyl (C=O) groups excluding carboxylic acids is 1. The van der Waals surface area contributed by atoms with E-state index in [-0.39, 0.29) is 11.3 Å². The fourth-order valence-electron chi connectivity index (χ4n) is 3.41. The molecule has 122 valence electrons. The summed E-state index contributed by atoms with van der Waals surface area (Å²) in [5.41, 5.74) is 2.61. The Balaban J connectivity index is 2.22. The summed E-state index contributed by atoms with van der Waals surface area (Å²) >= 11 is 0. The summed E-state index contributed by atoms with van der Waals surface area (Å²) in [6, 6.07) is 4.09. The Morgan fingerprint density at radius 3 is 2.55 bits per heavy atom. The molecule has 0 bridgehead atoms. The molecule has 1 aliphatic rings. The van der Waals surface area contributed by atoms with Gasteiger partial charge in [0.2, 0.25) is 0 Å². The Labute approximate surface area is 133 Å². The van der Waals surface area contributed by atoms with Gasteiger partial charge in [0.1, 0.15) is 11.3 Å². The van der Waals surface area contributed by atoms with E-state index in [0.717, 1.165) is 50.8 Å². The molecule has 0 aliphatic heterocycles. The lowest BCUT2D eigenvalue weighted by molar-refractivity contribution is 0.0597. The highest BCUT2D eigenvalue weighted by molar-refractivity contribution is 5.92. The number of fused-ring (bicyclic) bond motifs is 1. The van der Waals surface area contributed by atoms with Crippen molar-refractivity contribution in [3.8, 4) is 5.75 Å². The quantitative estimate of drug-likeness (QED) is 0.820. The van der Waals surface area contributed by atoms with Gasteiger partial charge in [-0.15, -0.1) is 0 Å². The molecule has 0 radical (unpaired) electrons. The molecule has 1 N–H and O–H groups in total. The van der Waals surface area contributed by atoms with Crippen LogP contribution in [0.3, 0.4) is 0 Å². The first kappa shape index (κ1) is 16.8. The SMILES string of the molecule is CCCN(CCC)C1CCc2cc(O)c(C(=O)OC)cc2C1. The van der Waals surface area contributed by atoms with Crippen molar-refractivity contribution in [3.05, 3.63) is 28.8 Å². The third kappa shape index (κ3) is 3.61. The van der Waals surface area contributed by atoms with Crippen LogP contribution in [0.15, 0.2) is 12.1 Å². The molecule has 0 fully saturated rings. The summed E-state index contributed by atoms with van der Waals surface area (Å²) in [6.45, 7) is 6.67. The van der Waals surface area contributed by atoms with E-state index in [1.54, 1.807) is 6.07 Å². The number of hydrogen-bond donors (Lipinski definition) is 1. The van der Waals surface area contributed by atoms with Crippen molar-refractivity contribution in [1.82, 2.24) is 4.90 Å². The number of phenolic OH excluding ortho intramolecular Hbond substituents is 1. The van der Waals surface area contributed by atoms with Crippen molar-refractivity contribution in [2.45, 2.75) is 52.0 Å². The summed E-state index contributed by atoms with van der Waals surface area (Å²) in [4.78, 5) is 14.3. The van der Waals surface area contributed by atoms with Crippen LogP contribution in [0.5, 0.6) is 5.75 Å². The van der Waals surface area contributed by atoms with Crippen molar-refractivity contribution in [2.24, 2.45) is 0 Å². The molecule has 1 aromatic rings. The fourth-order valence-corrected chi connectivity index (χ4v) is 3.41. The number of esters is 1. The summed E-state index contributed by atoms with van der Waals surface area (Å²) < 4.78 is 4.75. The van der Waals surface area contributed by atoms with Gasteiger partial charge >= 0.3 is 5.97 Å². The lowest BCUT2D eigenvalue weighted by atomic mass is 9.86. The maximum absolute atomic E-state index is 11.7. The number of phenols is 1. The Kier molecular flexibility index (Phi) is 5.83. The van der Waals surface area contributed by atoms with Crippen molar-refractivity contribution >= 4 is 5.97 Å². The molecule has 0 heterocycles. The molecule has 0 spiro atoms. The van der Waals surface area contributed by atoms with Crippen molar-refractivity contribution in [2.75, 3.05) is 20.2 Å². The van der Waals surface area contributed by atoms with E-state index in [1.807, 2.05) is 6.07 Å². The molecule has 4 heteroatoms. The van der Waals surface area contributed by atoms with Crippen LogP contribution in [0.25, 0.3) is 0 Å². The smallest absolute Gasteiger partial charge is 0.341 e. The van der Waals surface area contributed by atoms with Gasteiger partial charge in [0, 0.05) is 6.04 Å². The van der Waals surface area contributed by atoms with E-state index in [9.17, 15) is 9.90 Å². The van der Waals surface area contributed by atoms with Crippen LogP contribution in [-0.4, -0.2) is 42.2 Å². The predicted octanol–water partition coefficient (Wildman–Crippen LogP) is 3.16. The standard InChI is InChI=1S/C18H27NO3/c1-4-8-19(9-5-2)15-7-6-13-12-17(20)16(18(21)22-3)11-14(13)10-15/h11-12,15,20H,4-10H2,1-3H3. The maximum atomic E-state index is 11.7. The minimum absolute atomic E-state index is 0.0306. The highest BCUT2D eigenvalue weighted by atomic mass is 16.5. The first-order valence-electron chi connectivity index (χ1n) is 8.27. The maximum Gasteiger partial charge on any atom is 0.341 e. The van der Waals surface area contributed by atoms with E-state index in [1.165, 1.54) is 12.7 Å². The number of hydrogen-bond acceptors (Lipinski definition) is 4. The number of carbonyl (C=O) groups is 1. The topological polar surface area (TPSA) is 49.8 Å². The molecule has 0 amide bonds. The van der Waals surface area contributed by atoms with Crippen LogP contribution in [0.4, 0.5) is 0 Å². The van der Waals surface area contributed by atoms with E-state index < -0.39 is 5.97 Å². The Morgan fingerprint density at radius 2 is 1.95 bits per heavy atom. The van der Waals surface area contributed by atoms with Gasteiger partial charge in [0.05, 0.1) is 7.11 Å². The van der Waals surface area contributed by atoms with Gasteiger partial charge < -0.3 is 14.7 Å². The van der Waals surface area contributed by atoms with Crippen LogP contribution < -0.4 is 0 Å². The summed E-state index contributed by atoms with van der Waals surface area (Å²) in [7, 11) is 1.34. The second-order valence-corrected chi connectivity index (χ2v) is 6.06. The molecule has 1 aliphatic carbocycles. The Morgan fingerprint density at radius 1 is 1.27 bits per heavy atom. The van der Waals surface area contributed by atoms with Crippen molar-refractivity contribution in [1.29, 1.82) is 0 Å². The zero-order valence-corrected chi connectivity index (χ0v) is 13.9. The van der Waals surface area contributed by atoms with Gasteiger partial charge in [-0.1, -0.05) is 13.8 Å². The minimum Gasteiger partial charge on any atom is -0.507 e. The van der Waals surface area contributed by atoms with Gasteiger partial charge in [0.15, 0.2) is 0 Å². The van der Waals surface area contributed by atoms with E-state index in [4.69, 9.17) is 4.74 Å². The van der Waals surface area contributed by atoms with Gasteiger partial charge in [-0.3, -0.25) is 0 Å². The summed E-state index contributed by atoms with van der Waals surface area (Å²) in [6.07, 6.45) is 5.33. The monoisotopic (exact) mass is 305 g/mol. The highest BCUT2D eigenvalue weighted by Gasteiger charge is 2.25. The normalized spacial score (nSPS) is 17.4. The number of methoxy groups -OCH3 is 1. The second kappa shape index (κ2) is 7.63. The Bertz CT molecular complexity index is 521. The number of aromatic hydroxyl groups is 1. The van der Waals surface area contributed by atoms with Crippen LogP contribution in [0.1, 0.15) is 54.6 Å². The Hall–Kier alpha value is -1.55. The van der Waals surface area contributed by atoms with Gasteiger partial charge in [-0.05, 0) is 68.5 Å². The lowest BCUT2D eigenvalue weighted by Crippen LogP contribution is -2.40. The third-order valence-electron chi connectivity index (χ3n) is 4.46. The average molecular weight is 305 g/mol. The summed E-state index contributed by atoms with van der Waals surface area (Å²) in [5.74, 6) is -0.440. The van der Waals surface area contributed by atoms with Gasteiger partial charge in [-0.25, -0.2) is 4.79 Å². The number of nitrogens with zero attached hydrogens (tertiary/aromatic N) is 1. The van der Waals surface area contributed by atoms with E-state index in [2.05, 4.69) is 18.7 Å². The second-order valence-electron chi connectivity index (χ2n) is 6.06. The van der Waals surface area contributed by atoms with E-state index in [0.29, 0.717) is 6.04 Å². The average Bonchev–Trinajstić information content (AvgIpc) is 2.53. The van der Waals surface area contributed by atoms with Crippen LogP contribution in [0, 0.1) is 0 Å². The molecule has 22 heavy (non-hydrogen) atoms. The molecular formula is C18H27NO3. The number of benzene rings is 1. The molecule has 0 saturated heterocycles. The molecular weight excluding hydrogens is 278 g/mol. The van der Waals surface area contributed by atoms with Crippen molar-refractivity contribution < 1.29 is 14.6 Å². The molecule has 0 saturated carbocycles. The summed E-state index contributed by atoms with van der Waals surface area (Å²) in [5, 5.41) is 10.0. The third-order valence-corrected chi connectivity index (χ3v) is 4.46. The number of aryl methyl sites for hydroxylation is 1. The largest absolute Gasteiger partial charge is 0.507 e. The molecule has 1 unspecified atom stereocenters. The fraction of sp³-hybridized carbons (Fsp3) is 0.611. The predicted molar refractivity (Wildman–Crippen MR) is 87.4 cm³/mol. The molecule has 1 aromatic carbocycles. The number of ether oxygens (including phenoxy) is 1. The zero-order valence-electron chi connectivity index (χ0n) is 13.9. The number of rotatable bonds is 6. The van der Waals surface area contributed by atoms with E-state index >= 15 is 0 Å². The molecule has 1 atom stereocenters. The molecule has 0 aromatic heterocycles. The zero-order chi connectivity index (χ0) is 16.1. The first-order chi connectivity index (χ1) is 10.6. The molecule has 2 rings (SSSR count). The van der Waals surface area contributed by atoms with Crippen molar-refractivity contribution in [3.63, 3.8) is 0 Å². The van der Waals surface area contributed by atoms with Gasteiger partial charge in [0.25, 0.3) is 0 Å².